The number of rotatable bonds is 8. The molecular weight excluding hydrogens is 314 g/mol. The number of nitrogens with one attached hydrogen (secondary N) is 1. The maximum Gasteiger partial charge on any atom is 0.252 e. The quantitative estimate of drug-likeness (QED) is 0.589. The zero-order chi connectivity index (χ0) is 18.2. The van der Waals surface area contributed by atoms with Crippen molar-refractivity contribution in [2.75, 3.05) is 19.8 Å². The molecule has 0 saturated carbocycles. The molecule has 0 spiro atoms. The van der Waals surface area contributed by atoms with Gasteiger partial charge in [-0.1, -0.05) is 30.3 Å². The summed E-state index contributed by atoms with van der Waals surface area (Å²) < 4.78 is 5.26. The van der Waals surface area contributed by atoms with E-state index in [0.29, 0.717) is 36.4 Å². The van der Waals surface area contributed by atoms with E-state index in [1.807, 2.05) is 32.9 Å². The first-order valence-electron chi connectivity index (χ1n) is 8.61. The van der Waals surface area contributed by atoms with Crippen LogP contribution in [0.1, 0.15) is 50.8 Å². The van der Waals surface area contributed by atoms with Gasteiger partial charge in [0.1, 0.15) is 0 Å². The number of carbonyl (C=O) groups is 2. The van der Waals surface area contributed by atoms with Gasteiger partial charge >= 0.3 is 0 Å². The number of aryl methyl sites for hydroxylation is 2. The van der Waals surface area contributed by atoms with Crippen molar-refractivity contribution in [1.82, 2.24) is 5.32 Å². The van der Waals surface area contributed by atoms with Crippen LogP contribution in [-0.4, -0.2) is 31.4 Å². The topological polar surface area (TPSA) is 55.4 Å². The van der Waals surface area contributed by atoms with E-state index >= 15 is 0 Å². The number of ketones is 1. The van der Waals surface area contributed by atoms with E-state index in [1.54, 1.807) is 30.3 Å². The lowest BCUT2D eigenvalue weighted by Crippen LogP contribution is -2.27. The van der Waals surface area contributed by atoms with E-state index in [-0.39, 0.29) is 11.7 Å². The molecule has 0 fully saturated rings. The van der Waals surface area contributed by atoms with Crippen molar-refractivity contribution in [1.29, 1.82) is 0 Å². The molecule has 2 rings (SSSR count). The van der Waals surface area contributed by atoms with Crippen LogP contribution < -0.4 is 5.32 Å². The Morgan fingerprint density at radius 2 is 1.72 bits per heavy atom. The van der Waals surface area contributed by atoms with Gasteiger partial charge in [-0.3, -0.25) is 9.59 Å². The summed E-state index contributed by atoms with van der Waals surface area (Å²) in [6.07, 6.45) is 0.743. The zero-order valence-electron chi connectivity index (χ0n) is 15.1. The number of ether oxygens (including phenoxy) is 1. The van der Waals surface area contributed by atoms with Crippen LogP contribution in [0.5, 0.6) is 0 Å². The van der Waals surface area contributed by atoms with Crippen molar-refractivity contribution in [3.63, 3.8) is 0 Å². The second-order valence-corrected chi connectivity index (χ2v) is 5.98. The fourth-order valence-electron chi connectivity index (χ4n) is 2.53. The molecule has 1 N–H and O–H groups in total. The van der Waals surface area contributed by atoms with Gasteiger partial charge in [-0.05, 0) is 50.5 Å². The highest BCUT2D eigenvalue weighted by Gasteiger charge is 2.18. The van der Waals surface area contributed by atoms with Gasteiger partial charge in [0.2, 0.25) is 0 Å². The van der Waals surface area contributed by atoms with Crippen LogP contribution in [0.3, 0.4) is 0 Å². The molecule has 0 aromatic heterocycles. The molecule has 0 radical (unpaired) electrons. The standard InChI is InChI=1S/C21H25NO3/c1-4-25-13-7-12-22-21(24)19-9-6-5-8-18(19)20(23)17-11-10-15(2)16(3)14-17/h5-6,8-11,14H,4,7,12-13H2,1-3H3,(H,22,24). The Kier molecular flexibility index (Phi) is 6.90. The van der Waals surface area contributed by atoms with Crippen LogP contribution in [0.2, 0.25) is 0 Å². The SMILES string of the molecule is CCOCCCNC(=O)c1ccccc1C(=O)c1ccc(C)c(C)c1. The lowest BCUT2D eigenvalue weighted by atomic mass is 9.95. The summed E-state index contributed by atoms with van der Waals surface area (Å²) in [6, 6.07) is 12.5. The average molecular weight is 339 g/mol. The van der Waals surface area contributed by atoms with E-state index in [0.717, 1.165) is 17.5 Å². The lowest BCUT2D eigenvalue weighted by Gasteiger charge is -2.10. The molecule has 0 atom stereocenters. The fourth-order valence-corrected chi connectivity index (χ4v) is 2.53. The molecule has 2 aromatic rings. The highest BCUT2D eigenvalue weighted by molar-refractivity contribution is 6.15. The number of hydrogen-bond donors (Lipinski definition) is 1. The van der Waals surface area contributed by atoms with E-state index < -0.39 is 0 Å². The number of benzene rings is 2. The van der Waals surface area contributed by atoms with E-state index in [4.69, 9.17) is 4.74 Å². The Labute approximate surface area is 149 Å². The Balaban J connectivity index is 2.15. The van der Waals surface area contributed by atoms with Crippen molar-refractivity contribution >= 4 is 11.7 Å². The van der Waals surface area contributed by atoms with Gasteiger partial charge in [0.05, 0.1) is 5.56 Å². The molecule has 2 aromatic carbocycles. The molecule has 0 saturated heterocycles. The van der Waals surface area contributed by atoms with E-state index in [9.17, 15) is 9.59 Å². The van der Waals surface area contributed by atoms with Crippen LogP contribution in [0, 0.1) is 13.8 Å². The predicted molar refractivity (Wildman–Crippen MR) is 99.2 cm³/mol. The molecule has 4 nitrogen and oxygen atoms in total. The minimum atomic E-state index is -0.232. The second-order valence-electron chi connectivity index (χ2n) is 5.98. The predicted octanol–water partition coefficient (Wildman–Crippen LogP) is 3.69. The van der Waals surface area contributed by atoms with Crippen LogP contribution in [0.4, 0.5) is 0 Å². The molecule has 132 valence electrons. The first-order valence-corrected chi connectivity index (χ1v) is 8.61. The van der Waals surface area contributed by atoms with Crippen molar-refractivity contribution in [3.8, 4) is 0 Å². The van der Waals surface area contributed by atoms with Crippen LogP contribution >= 0.6 is 0 Å². The monoisotopic (exact) mass is 339 g/mol. The third kappa shape index (κ3) is 5.00. The fraction of sp³-hybridized carbons (Fsp3) is 0.333. The largest absolute Gasteiger partial charge is 0.382 e. The summed E-state index contributed by atoms with van der Waals surface area (Å²) in [5.74, 6) is -0.368. The Bertz CT molecular complexity index is 753. The molecule has 4 heteroatoms. The molecule has 0 aliphatic carbocycles. The van der Waals surface area contributed by atoms with Gasteiger partial charge in [-0.15, -0.1) is 0 Å². The van der Waals surface area contributed by atoms with Crippen LogP contribution in [0.15, 0.2) is 42.5 Å². The third-order valence-electron chi connectivity index (χ3n) is 4.14. The Hall–Kier alpha value is -2.46. The molecule has 0 heterocycles. The van der Waals surface area contributed by atoms with Crippen molar-refractivity contribution in [2.24, 2.45) is 0 Å². The van der Waals surface area contributed by atoms with Gasteiger partial charge in [0.15, 0.2) is 5.78 Å². The minimum Gasteiger partial charge on any atom is -0.382 e. The molecule has 0 unspecified atom stereocenters. The first-order chi connectivity index (χ1) is 12.0. The second kappa shape index (κ2) is 9.14. The lowest BCUT2D eigenvalue weighted by molar-refractivity contribution is 0.0933. The third-order valence-corrected chi connectivity index (χ3v) is 4.14. The average Bonchev–Trinajstić information content (AvgIpc) is 2.63. The highest BCUT2D eigenvalue weighted by atomic mass is 16.5. The van der Waals surface area contributed by atoms with Gasteiger partial charge in [-0.25, -0.2) is 0 Å². The molecule has 0 aliphatic rings. The highest BCUT2D eigenvalue weighted by Crippen LogP contribution is 2.17. The summed E-state index contributed by atoms with van der Waals surface area (Å²) in [5, 5.41) is 2.85. The van der Waals surface area contributed by atoms with Crippen molar-refractivity contribution < 1.29 is 14.3 Å². The normalized spacial score (nSPS) is 10.5. The van der Waals surface area contributed by atoms with Crippen LogP contribution in [0.25, 0.3) is 0 Å². The zero-order valence-corrected chi connectivity index (χ0v) is 15.1. The number of amides is 1. The minimum absolute atomic E-state index is 0.136. The van der Waals surface area contributed by atoms with Gasteiger partial charge < -0.3 is 10.1 Å². The summed E-state index contributed by atoms with van der Waals surface area (Å²) in [4.78, 5) is 25.3. The Morgan fingerprint density at radius 3 is 2.40 bits per heavy atom. The summed E-state index contributed by atoms with van der Waals surface area (Å²) in [5.41, 5.74) is 3.62. The first kappa shape index (κ1) is 18.9. The van der Waals surface area contributed by atoms with E-state index in [2.05, 4.69) is 5.32 Å². The summed E-state index contributed by atoms with van der Waals surface area (Å²) in [6.45, 7) is 7.72. The maximum atomic E-state index is 12.9. The van der Waals surface area contributed by atoms with Crippen LogP contribution in [-0.2, 0) is 4.74 Å². The summed E-state index contributed by atoms with van der Waals surface area (Å²) >= 11 is 0. The van der Waals surface area contributed by atoms with E-state index in [1.165, 1.54) is 0 Å². The number of hydrogen-bond acceptors (Lipinski definition) is 3. The maximum absolute atomic E-state index is 12.9. The Morgan fingerprint density at radius 1 is 1.00 bits per heavy atom. The molecule has 1 amide bonds. The van der Waals surface area contributed by atoms with Crippen molar-refractivity contribution in [2.45, 2.75) is 27.2 Å². The smallest absolute Gasteiger partial charge is 0.252 e. The molecule has 25 heavy (non-hydrogen) atoms. The molecule has 0 bridgehead atoms. The molecular formula is C21H25NO3. The number of carbonyl (C=O) groups excluding carboxylic acids is 2. The van der Waals surface area contributed by atoms with Gasteiger partial charge in [0.25, 0.3) is 5.91 Å². The van der Waals surface area contributed by atoms with Crippen molar-refractivity contribution in [3.05, 3.63) is 70.3 Å². The van der Waals surface area contributed by atoms with Gasteiger partial charge in [0, 0.05) is 30.9 Å². The summed E-state index contributed by atoms with van der Waals surface area (Å²) in [7, 11) is 0. The van der Waals surface area contributed by atoms with Gasteiger partial charge in [-0.2, -0.15) is 0 Å². The molecule has 0 aliphatic heterocycles.